The van der Waals surface area contributed by atoms with Crippen molar-refractivity contribution in [1.82, 2.24) is 5.32 Å². The van der Waals surface area contributed by atoms with E-state index in [0.29, 0.717) is 6.19 Å². The van der Waals surface area contributed by atoms with E-state index in [1.165, 1.54) is 0 Å². The largest absolute Gasteiger partial charge is 0.409 e. The van der Waals surface area contributed by atoms with E-state index in [-0.39, 0.29) is 0 Å². The van der Waals surface area contributed by atoms with Gasteiger partial charge in [0.2, 0.25) is 5.92 Å². The highest BCUT2D eigenvalue weighted by Crippen LogP contribution is 2.39. The Morgan fingerprint density at radius 3 is 1.71 bits per heavy atom. The molecule has 0 saturated heterocycles. The summed E-state index contributed by atoms with van der Waals surface area (Å²) in [7, 11) is 0. The molecule has 0 spiro atoms. The molecule has 0 atom stereocenters. The molecule has 0 aliphatic heterocycles. The van der Waals surface area contributed by atoms with Crippen molar-refractivity contribution in [3.05, 3.63) is 0 Å². The third-order valence-electron chi connectivity index (χ3n) is 1.10. The normalized spacial score (nSPS) is 12.4. The van der Waals surface area contributed by atoms with E-state index in [0.717, 1.165) is 5.32 Å². The molecule has 1 N–H and O–H groups in total. The summed E-state index contributed by atoms with van der Waals surface area (Å²) in [5.41, 5.74) is 0. The van der Waals surface area contributed by atoms with Crippen molar-refractivity contribution in [2.75, 3.05) is 0 Å². The van der Waals surface area contributed by atoms with E-state index in [1.54, 1.807) is 0 Å². The van der Waals surface area contributed by atoms with Crippen LogP contribution < -0.4 is 5.32 Å². The maximum absolute atomic E-state index is 11.7. The Hall–Kier alpha value is -1.46. The lowest BCUT2D eigenvalue weighted by molar-refractivity contribution is -0.273. The van der Waals surface area contributed by atoms with Gasteiger partial charge in [0.15, 0.2) is 6.19 Å². The predicted octanol–water partition coefficient (Wildman–Crippen LogP) is 1.32. The van der Waals surface area contributed by atoms with Gasteiger partial charge in [-0.05, 0) is 0 Å². The van der Waals surface area contributed by atoms with Crippen LogP contribution in [-0.2, 0) is 4.79 Å². The molecule has 0 radical (unpaired) electrons. The summed E-state index contributed by atoms with van der Waals surface area (Å²) in [4.78, 5) is 10.3. The Bertz CT molecular complexity index is 247. The van der Waals surface area contributed by atoms with Gasteiger partial charge in [0.1, 0.15) is 0 Å². The highest BCUT2D eigenvalue weighted by molar-refractivity contribution is 5.81. The standard InChI is InChI=1S/C5H2F6N2O/c6-4(7,8)2(5(9,10)11)3(14)13-1-12/h2H,(H,13,14). The van der Waals surface area contributed by atoms with Crippen molar-refractivity contribution in [2.45, 2.75) is 12.4 Å². The fourth-order valence-electron chi connectivity index (χ4n) is 0.610. The molecule has 0 aliphatic rings. The zero-order chi connectivity index (χ0) is 11.6. The highest BCUT2D eigenvalue weighted by Gasteiger charge is 2.61. The van der Waals surface area contributed by atoms with Crippen LogP contribution in [0, 0.1) is 17.4 Å². The van der Waals surface area contributed by atoms with Gasteiger partial charge in [-0.2, -0.15) is 31.6 Å². The van der Waals surface area contributed by atoms with Crippen LogP contribution in [-0.4, -0.2) is 18.3 Å². The van der Waals surface area contributed by atoms with Crippen molar-refractivity contribution in [1.29, 1.82) is 5.26 Å². The fourth-order valence-corrected chi connectivity index (χ4v) is 0.610. The molecular formula is C5H2F6N2O. The molecule has 0 unspecified atom stereocenters. The van der Waals surface area contributed by atoms with Crippen LogP contribution in [0.15, 0.2) is 0 Å². The first-order chi connectivity index (χ1) is 6.10. The molecule has 1 amide bonds. The van der Waals surface area contributed by atoms with Gasteiger partial charge >= 0.3 is 12.4 Å². The maximum Gasteiger partial charge on any atom is 0.409 e. The predicted molar refractivity (Wildman–Crippen MR) is 29.4 cm³/mol. The molecule has 0 aromatic heterocycles. The molecule has 9 heteroatoms. The van der Waals surface area contributed by atoms with Crippen LogP contribution in [0.25, 0.3) is 0 Å². The van der Waals surface area contributed by atoms with E-state index in [2.05, 4.69) is 0 Å². The van der Waals surface area contributed by atoms with E-state index < -0.39 is 24.2 Å². The van der Waals surface area contributed by atoms with E-state index in [4.69, 9.17) is 5.26 Å². The van der Waals surface area contributed by atoms with Gasteiger partial charge in [-0.3, -0.25) is 10.1 Å². The first kappa shape index (κ1) is 12.5. The number of halogens is 6. The minimum absolute atomic E-state index is 0.693. The molecular weight excluding hydrogens is 218 g/mol. The van der Waals surface area contributed by atoms with Gasteiger partial charge in [0.25, 0.3) is 5.91 Å². The van der Waals surface area contributed by atoms with Crippen molar-refractivity contribution in [3.63, 3.8) is 0 Å². The van der Waals surface area contributed by atoms with E-state index in [9.17, 15) is 31.1 Å². The van der Waals surface area contributed by atoms with E-state index >= 15 is 0 Å². The molecule has 0 heterocycles. The zero-order valence-electron chi connectivity index (χ0n) is 6.20. The number of alkyl halides is 6. The monoisotopic (exact) mass is 220 g/mol. The van der Waals surface area contributed by atoms with Gasteiger partial charge in [-0.1, -0.05) is 0 Å². The van der Waals surface area contributed by atoms with Crippen LogP contribution in [0.4, 0.5) is 26.3 Å². The van der Waals surface area contributed by atoms with Gasteiger partial charge < -0.3 is 0 Å². The topological polar surface area (TPSA) is 52.9 Å². The number of carbonyl (C=O) groups is 1. The molecule has 0 aliphatic carbocycles. The molecule has 14 heavy (non-hydrogen) atoms. The Morgan fingerprint density at radius 1 is 1.14 bits per heavy atom. The third-order valence-corrected chi connectivity index (χ3v) is 1.10. The third kappa shape index (κ3) is 3.12. The first-order valence-electron chi connectivity index (χ1n) is 2.93. The summed E-state index contributed by atoms with van der Waals surface area (Å²) >= 11 is 0. The minimum Gasteiger partial charge on any atom is -0.273 e. The number of nitrogens with one attached hydrogen (secondary N) is 1. The Morgan fingerprint density at radius 2 is 1.50 bits per heavy atom. The number of nitriles is 1. The molecule has 0 rings (SSSR count). The molecule has 0 aromatic carbocycles. The number of hydrogen-bond acceptors (Lipinski definition) is 2. The zero-order valence-corrected chi connectivity index (χ0v) is 6.20. The quantitative estimate of drug-likeness (QED) is 0.411. The SMILES string of the molecule is N#CNC(=O)C(C(F)(F)F)C(F)(F)F. The lowest BCUT2D eigenvalue weighted by Gasteiger charge is -2.20. The number of amides is 1. The second kappa shape index (κ2) is 3.73. The van der Waals surface area contributed by atoms with Gasteiger partial charge in [0, 0.05) is 0 Å². The van der Waals surface area contributed by atoms with Crippen molar-refractivity contribution in [2.24, 2.45) is 5.92 Å². The Labute approximate surface area is 73.3 Å². The molecule has 0 fully saturated rings. The molecule has 0 aromatic rings. The van der Waals surface area contributed by atoms with E-state index in [1.807, 2.05) is 0 Å². The Kier molecular flexibility index (Phi) is 3.34. The number of carbonyl (C=O) groups excluding carboxylic acids is 1. The van der Waals surface area contributed by atoms with Gasteiger partial charge in [-0.15, -0.1) is 0 Å². The summed E-state index contributed by atoms with van der Waals surface area (Å²) in [6.45, 7) is 0. The van der Waals surface area contributed by atoms with Crippen molar-refractivity contribution in [3.8, 4) is 6.19 Å². The molecule has 3 nitrogen and oxygen atoms in total. The summed E-state index contributed by atoms with van der Waals surface area (Å²) in [6, 6.07) is 0. The first-order valence-corrected chi connectivity index (χ1v) is 2.93. The lowest BCUT2D eigenvalue weighted by atomic mass is 10.1. The van der Waals surface area contributed by atoms with Crippen LogP contribution in [0.5, 0.6) is 0 Å². The van der Waals surface area contributed by atoms with Gasteiger partial charge in [0.05, 0.1) is 0 Å². The van der Waals surface area contributed by atoms with Gasteiger partial charge in [-0.25, -0.2) is 0 Å². The summed E-state index contributed by atoms with van der Waals surface area (Å²) in [5.74, 6) is -6.61. The van der Waals surface area contributed by atoms with Crippen LogP contribution in [0.1, 0.15) is 0 Å². The summed E-state index contributed by atoms with van der Waals surface area (Å²) in [5, 5.41) is 8.49. The van der Waals surface area contributed by atoms with Crippen LogP contribution in [0.3, 0.4) is 0 Å². The number of rotatable bonds is 1. The molecule has 80 valence electrons. The number of hydrogen-bond donors (Lipinski definition) is 1. The Balaban J connectivity index is 4.96. The fraction of sp³-hybridized carbons (Fsp3) is 0.600. The lowest BCUT2D eigenvalue weighted by Crippen LogP contribution is -2.46. The summed E-state index contributed by atoms with van der Waals surface area (Å²) in [6.07, 6.45) is -10.8. The highest BCUT2D eigenvalue weighted by atomic mass is 19.4. The second-order valence-corrected chi connectivity index (χ2v) is 2.12. The molecule has 0 saturated carbocycles. The maximum atomic E-state index is 11.7. The van der Waals surface area contributed by atoms with Crippen LogP contribution in [0.2, 0.25) is 0 Å². The molecule has 0 bridgehead atoms. The van der Waals surface area contributed by atoms with Crippen molar-refractivity contribution < 1.29 is 31.1 Å². The van der Waals surface area contributed by atoms with Crippen LogP contribution >= 0.6 is 0 Å². The van der Waals surface area contributed by atoms with Crippen molar-refractivity contribution >= 4 is 5.91 Å². The average Bonchev–Trinajstić information content (AvgIpc) is 1.78. The number of nitrogens with zero attached hydrogens (tertiary/aromatic N) is 1. The summed E-state index contributed by atoms with van der Waals surface area (Å²) < 4.78 is 70.2. The smallest absolute Gasteiger partial charge is 0.273 e. The average molecular weight is 220 g/mol. The second-order valence-electron chi connectivity index (χ2n) is 2.12. The minimum atomic E-state index is -5.76.